The minimum absolute atomic E-state index is 0.0455. The number of likely N-dealkylation sites (N-methyl/N-ethyl adjacent to an activating group) is 1. The fraction of sp³-hybridized carbons (Fsp3) is 0.733. The van der Waals surface area contributed by atoms with Gasteiger partial charge in [-0.15, -0.1) is 0 Å². The summed E-state index contributed by atoms with van der Waals surface area (Å²) in [6.45, 7) is 6.93. The lowest BCUT2D eigenvalue weighted by molar-refractivity contribution is -0.142. The molecule has 1 N–H and O–H groups in total. The van der Waals surface area contributed by atoms with Crippen molar-refractivity contribution in [2.45, 2.75) is 25.8 Å². The number of piperazine rings is 1. The van der Waals surface area contributed by atoms with E-state index < -0.39 is 0 Å². The Labute approximate surface area is 125 Å². The molecule has 0 bridgehead atoms. The first-order chi connectivity index (χ1) is 10.3. The summed E-state index contributed by atoms with van der Waals surface area (Å²) in [4.78, 5) is 24.6. The van der Waals surface area contributed by atoms with Crippen LogP contribution >= 0.6 is 0 Å². The van der Waals surface area contributed by atoms with E-state index in [4.69, 9.17) is 4.74 Å². The SMILES string of the molecule is CCN1CCN(C(=O)C2CCCOC2)CC1c1ncc[nH]1. The molecule has 0 radical (unpaired) electrons. The van der Waals surface area contributed by atoms with Crippen LogP contribution in [0.4, 0.5) is 0 Å². The van der Waals surface area contributed by atoms with Gasteiger partial charge in [0.1, 0.15) is 5.82 Å². The number of amides is 1. The molecule has 3 heterocycles. The van der Waals surface area contributed by atoms with Crippen LogP contribution in [0.1, 0.15) is 31.6 Å². The van der Waals surface area contributed by atoms with Gasteiger partial charge in [0.25, 0.3) is 0 Å². The number of rotatable bonds is 3. The van der Waals surface area contributed by atoms with Crippen LogP contribution in [-0.4, -0.2) is 65.1 Å². The molecule has 1 aromatic heterocycles. The average molecular weight is 292 g/mol. The van der Waals surface area contributed by atoms with Crippen molar-refractivity contribution >= 4 is 5.91 Å². The minimum Gasteiger partial charge on any atom is -0.381 e. The molecule has 3 rings (SSSR count). The summed E-state index contributed by atoms with van der Waals surface area (Å²) in [5, 5.41) is 0. The lowest BCUT2D eigenvalue weighted by Crippen LogP contribution is -2.52. The third-order valence-corrected chi connectivity index (χ3v) is 4.55. The zero-order chi connectivity index (χ0) is 14.7. The highest BCUT2D eigenvalue weighted by Gasteiger charge is 2.34. The maximum atomic E-state index is 12.7. The highest BCUT2D eigenvalue weighted by molar-refractivity contribution is 5.79. The Morgan fingerprint density at radius 1 is 1.52 bits per heavy atom. The second-order valence-electron chi connectivity index (χ2n) is 5.82. The number of imidazole rings is 1. The molecule has 2 saturated heterocycles. The molecule has 2 aliphatic rings. The van der Waals surface area contributed by atoms with Crippen LogP contribution in [0.3, 0.4) is 0 Å². The monoisotopic (exact) mass is 292 g/mol. The van der Waals surface area contributed by atoms with Crippen molar-refractivity contribution in [2.24, 2.45) is 5.92 Å². The predicted molar refractivity (Wildman–Crippen MR) is 78.7 cm³/mol. The number of aromatic amines is 1. The van der Waals surface area contributed by atoms with Crippen molar-refractivity contribution < 1.29 is 9.53 Å². The van der Waals surface area contributed by atoms with Gasteiger partial charge in [-0.1, -0.05) is 6.92 Å². The molecule has 2 fully saturated rings. The van der Waals surface area contributed by atoms with E-state index in [0.29, 0.717) is 6.61 Å². The number of carbonyl (C=O) groups excluding carboxylic acids is 1. The van der Waals surface area contributed by atoms with E-state index in [2.05, 4.69) is 21.8 Å². The van der Waals surface area contributed by atoms with Gasteiger partial charge in [0, 0.05) is 38.6 Å². The molecule has 0 saturated carbocycles. The Morgan fingerprint density at radius 2 is 2.43 bits per heavy atom. The fourth-order valence-corrected chi connectivity index (χ4v) is 3.31. The van der Waals surface area contributed by atoms with Crippen molar-refractivity contribution in [3.8, 4) is 0 Å². The Hall–Kier alpha value is -1.40. The highest BCUT2D eigenvalue weighted by atomic mass is 16.5. The Bertz CT molecular complexity index is 456. The van der Waals surface area contributed by atoms with Gasteiger partial charge in [-0.25, -0.2) is 4.98 Å². The fourth-order valence-electron chi connectivity index (χ4n) is 3.31. The molecule has 1 aromatic rings. The number of hydrogen-bond acceptors (Lipinski definition) is 4. The number of carbonyl (C=O) groups is 1. The molecule has 21 heavy (non-hydrogen) atoms. The van der Waals surface area contributed by atoms with Gasteiger partial charge in [0.05, 0.1) is 18.6 Å². The summed E-state index contributed by atoms with van der Waals surface area (Å²) < 4.78 is 5.46. The van der Waals surface area contributed by atoms with Crippen LogP contribution in [0, 0.1) is 5.92 Å². The predicted octanol–water partition coefficient (Wildman–Crippen LogP) is 1.04. The quantitative estimate of drug-likeness (QED) is 0.904. The molecule has 6 heteroatoms. The average Bonchev–Trinajstić information content (AvgIpc) is 3.08. The normalized spacial score (nSPS) is 27.8. The molecule has 1 amide bonds. The first kappa shape index (κ1) is 14.5. The van der Waals surface area contributed by atoms with Crippen LogP contribution in [-0.2, 0) is 9.53 Å². The van der Waals surface area contributed by atoms with Gasteiger partial charge >= 0.3 is 0 Å². The van der Waals surface area contributed by atoms with Crippen molar-refractivity contribution in [1.82, 2.24) is 19.8 Å². The smallest absolute Gasteiger partial charge is 0.228 e. The van der Waals surface area contributed by atoms with Crippen molar-refractivity contribution in [3.63, 3.8) is 0 Å². The van der Waals surface area contributed by atoms with Crippen LogP contribution in [0.2, 0.25) is 0 Å². The summed E-state index contributed by atoms with van der Waals surface area (Å²) in [6, 6.07) is 0.173. The molecule has 6 nitrogen and oxygen atoms in total. The van der Waals surface area contributed by atoms with Gasteiger partial charge in [-0.2, -0.15) is 0 Å². The lowest BCUT2D eigenvalue weighted by Gasteiger charge is -2.41. The zero-order valence-electron chi connectivity index (χ0n) is 12.6. The van der Waals surface area contributed by atoms with E-state index in [1.807, 2.05) is 11.1 Å². The summed E-state index contributed by atoms with van der Waals surface area (Å²) in [5.41, 5.74) is 0. The van der Waals surface area contributed by atoms with Crippen molar-refractivity contribution in [3.05, 3.63) is 18.2 Å². The van der Waals surface area contributed by atoms with Gasteiger partial charge in [-0.05, 0) is 19.4 Å². The number of nitrogens with one attached hydrogen (secondary N) is 1. The summed E-state index contributed by atoms with van der Waals surface area (Å²) in [5.74, 6) is 1.25. The van der Waals surface area contributed by atoms with Crippen LogP contribution in [0.5, 0.6) is 0 Å². The summed E-state index contributed by atoms with van der Waals surface area (Å²) >= 11 is 0. The summed E-state index contributed by atoms with van der Waals surface area (Å²) in [7, 11) is 0. The van der Waals surface area contributed by atoms with Gasteiger partial charge in [0.2, 0.25) is 5.91 Å². The second kappa shape index (κ2) is 6.58. The molecule has 2 atom stereocenters. The number of aromatic nitrogens is 2. The molecule has 2 unspecified atom stereocenters. The number of H-pyrrole nitrogens is 1. The first-order valence-electron chi connectivity index (χ1n) is 7.89. The Balaban J connectivity index is 1.68. The van der Waals surface area contributed by atoms with Crippen LogP contribution in [0.15, 0.2) is 12.4 Å². The standard InChI is InChI=1S/C15H24N4O2/c1-2-18-7-8-19(10-13(18)14-16-5-6-17-14)15(20)12-4-3-9-21-11-12/h5-6,12-13H,2-4,7-11H2,1H3,(H,16,17). The van der Waals surface area contributed by atoms with E-state index >= 15 is 0 Å². The largest absolute Gasteiger partial charge is 0.381 e. The van der Waals surface area contributed by atoms with E-state index in [1.54, 1.807) is 6.20 Å². The van der Waals surface area contributed by atoms with Crippen molar-refractivity contribution in [1.29, 1.82) is 0 Å². The number of ether oxygens (including phenoxy) is 1. The van der Waals surface area contributed by atoms with E-state index in [-0.39, 0.29) is 17.9 Å². The maximum Gasteiger partial charge on any atom is 0.228 e. The second-order valence-corrected chi connectivity index (χ2v) is 5.82. The molecule has 2 aliphatic heterocycles. The molecular formula is C15H24N4O2. The van der Waals surface area contributed by atoms with Gasteiger partial charge in [-0.3, -0.25) is 9.69 Å². The number of nitrogens with zero attached hydrogens (tertiary/aromatic N) is 3. The lowest BCUT2D eigenvalue weighted by atomic mass is 9.99. The Kier molecular flexibility index (Phi) is 4.55. The number of hydrogen-bond donors (Lipinski definition) is 1. The van der Waals surface area contributed by atoms with Crippen molar-refractivity contribution in [2.75, 3.05) is 39.4 Å². The third-order valence-electron chi connectivity index (χ3n) is 4.55. The van der Waals surface area contributed by atoms with E-state index in [0.717, 1.165) is 51.5 Å². The van der Waals surface area contributed by atoms with Gasteiger partial charge in [0.15, 0.2) is 0 Å². The van der Waals surface area contributed by atoms with E-state index in [1.165, 1.54) is 0 Å². The topological polar surface area (TPSA) is 61.5 Å². The first-order valence-corrected chi connectivity index (χ1v) is 7.89. The molecule has 0 aliphatic carbocycles. The van der Waals surface area contributed by atoms with Crippen LogP contribution in [0.25, 0.3) is 0 Å². The highest BCUT2D eigenvalue weighted by Crippen LogP contribution is 2.25. The maximum absolute atomic E-state index is 12.7. The van der Waals surface area contributed by atoms with E-state index in [9.17, 15) is 4.79 Å². The molecular weight excluding hydrogens is 268 g/mol. The third kappa shape index (κ3) is 3.11. The van der Waals surface area contributed by atoms with Crippen LogP contribution < -0.4 is 0 Å². The zero-order valence-corrected chi connectivity index (χ0v) is 12.6. The van der Waals surface area contributed by atoms with Gasteiger partial charge < -0.3 is 14.6 Å². The summed E-state index contributed by atoms with van der Waals surface area (Å²) in [6.07, 6.45) is 5.57. The molecule has 0 spiro atoms. The Morgan fingerprint density at radius 3 is 3.10 bits per heavy atom. The molecule has 116 valence electrons. The minimum atomic E-state index is 0.0455. The molecule has 0 aromatic carbocycles.